The lowest BCUT2D eigenvalue weighted by atomic mass is 9.86. The van der Waals surface area contributed by atoms with Crippen molar-refractivity contribution in [1.29, 1.82) is 0 Å². The first-order valence-corrected chi connectivity index (χ1v) is 7.45. The number of nitrogens with zero attached hydrogens (tertiary/aromatic N) is 2. The van der Waals surface area contributed by atoms with Crippen LogP contribution in [0.15, 0.2) is 6.20 Å². The van der Waals surface area contributed by atoms with Crippen molar-refractivity contribution in [3.05, 3.63) is 17.5 Å². The molecule has 0 atom stereocenters. The minimum absolute atomic E-state index is 0.0633. The minimum Gasteiger partial charge on any atom is -0.481 e. The highest BCUT2D eigenvalue weighted by Crippen LogP contribution is 2.25. The molecule has 6 nitrogen and oxygen atoms in total. The zero-order valence-corrected chi connectivity index (χ0v) is 12.8. The molecule has 116 valence electrons. The number of aliphatic carboxylic acids is 1. The Balaban J connectivity index is 1.98. The van der Waals surface area contributed by atoms with Crippen LogP contribution >= 0.6 is 0 Å². The summed E-state index contributed by atoms with van der Waals surface area (Å²) in [7, 11) is 1.81. The fraction of sp³-hybridized carbons (Fsp3) is 0.667. The number of nitrogens with one attached hydrogen (secondary N) is 1. The Morgan fingerprint density at radius 3 is 2.48 bits per heavy atom. The summed E-state index contributed by atoms with van der Waals surface area (Å²) in [5.41, 5.74) is 1.42. The SMILES string of the molecule is CC(C)c1nn(C)cc1C(=O)NC1CCC(C(=O)O)CC1. The third kappa shape index (κ3) is 3.62. The van der Waals surface area contributed by atoms with Crippen LogP contribution in [0.3, 0.4) is 0 Å². The fourth-order valence-electron chi connectivity index (χ4n) is 2.85. The lowest BCUT2D eigenvalue weighted by Crippen LogP contribution is -2.39. The van der Waals surface area contributed by atoms with E-state index in [1.165, 1.54) is 0 Å². The maximum absolute atomic E-state index is 12.4. The lowest BCUT2D eigenvalue weighted by molar-refractivity contribution is -0.142. The van der Waals surface area contributed by atoms with E-state index in [9.17, 15) is 9.59 Å². The molecule has 0 radical (unpaired) electrons. The van der Waals surface area contributed by atoms with Crippen LogP contribution in [0.5, 0.6) is 0 Å². The molecule has 1 amide bonds. The van der Waals surface area contributed by atoms with Crippen molar-refractivity contribution in [2.45, 2.75) is 51.5 Å². The lowest BCUT2D eigenvalue weighted by Gasteiger charge is -2.26. The largest absolute Gasteiger partial charge is 0.481 e. The van der Waals surface area contributed by atoms with Crippen LogP contribution in [-0.4, -0.2) is 32.8 Å². The molecule has 1 aliphatic carbocycles. The first kappa shape index (κ1) is 15.5. The van der Waals surface area contributed by atoms with Crippen LogP contribution in [0.2, 0.25) is 0 Å². The second kappa shape index (κ2) is 6.28. The first-order valence-electron chi connectivity index (χ1n) is 7.45. The molecule has 0 saturated heterocycles. The van der Waals surface area contributed by atoms with E-state index in [0.717, 1.165) is 18.5 Å². The van der Waals surface area contributed by atoms with Crippen molar-refractivity contribution in [3.63, 3.8) is 0 Å². The maximum Gasteiger partial charge on any atom is 0.306 e. The molecule has 2 rings (SSSR count). The molecule has 1 saturated carbocycles. The summed E-state index contributed by atoms with van der Waals surface area (Å²) >= 11 is 0. The van der Waals surface area contributed by atoms with Crippen molar-refractivity contribution in [2.75, 3.05) is 0 Å². The Bertz CT molecular complexity index is 528. The van der Waals surface area contributed by atoms with E-state index in [1.54, 1.807) is 17.9 Å². The molecule has 0 aliphatic heterocycles. The van der Waals surface area contributed by atoms with Crippen LogP contribution < -0.4 is 5.32 Å². The second-order valence-electron chi connectivity index (χ2n) is 6.12. The number of amides is 1. The number of hydrogen-bond acceptors (Lipinski definition) is 3. The van der Waals surface area contributed by atoms with E-state index in [4.69, 9.17) is 5.11 Å². The van der Waals surface area contributed by atoms with Crippen LogP contribution in [0.25, 0.3) is 0 Å². The molecule has 0 aromatic carbocycles. The van der Waals surface area contributed by atoms with Crippen LogP contribution in [-0.2, 0) is 11.8 Å². The number of carboxylic acid groups (broad SMARTS) is 1. The van der Waals surface area contributed by atoms with Crippen molar-refractivity contribution < 1.29 is 14.7 Å². The monoisotopic (exact) mass is 293 g/mol. The standard InChI is InChI=1S/C15H23N3O3/c1-9(2)13-12(8-18(3)17-13)14(19)16-11-6-4-10(5-7-11)15(20)21/h8-11H,4-7H2,1-3H3,(H,16,19)(H,20,21). The Kier molecular flexibility index (Phi) is 4.65. The van der Waals surface area contributed by atoms with Gasteiger partial charge < -0.3 is 10.4 Å². The molecule has 1 fully saturated rings. The van der Waals surface area contributed by atoms with Gasteiger partial charge in [-0.3, -0.25) is 14.3 Å². The van der Waals surface area contributed by atoms with Gasteiger partial charge in [-0.2, -0.15) is 5.10 Å². The highest BCUT2D eigenvalue weighted by molar-refractivity contribution is 5.95. The highest BCUT2D eigenvalue weighted by Gasteiger charge is 2.28. The summed E-state index contributed by atoms with van der Waals surface area (Å²) in [5.74, 6) is -0.905. The van der Waals surface area contributed by atoms with Gasteiger partial charge in [-0.05, 0) is 31.6 Å². The van der Waals surface area contributed by atoms with Crippen molar-refractivity contribution in [2.24, 2.45) is 13.0 Å². The van der Waals surface area contributed by atoms with Crippen molar-refractivity contribution in [1.82, 2.24) is 15.1 Å². The number of carbonyl (C=O) groups is 2. The maximum atomic E-state index is 12.4. The van der Waals surface area contributed by atoms with Crippen LogP contribution in [0.4, 0.5) is 0 Å². The number of aromatic nitrogens is 2. The summed E-state index contributed by atoms with van der Waals surface area (Å²) in [6.07, 6.45) is 4.45. The van der Waals surface area contributed by atoms with E-state index >= 15 is 0 Å². The fourth-order valence-corrected chi connectivity index (χ4v) is 2.85. The van der Waals surface area contributed by atoms with E-state index in [0.29, 0.717) is 18.4 Å². The Morgan fingerprint density at radius 2 is 1.95 bits per heavy atom. The van der Waals surface area contributed by atoms with E-state index < -0.39 is 5.97 Å². The van der Waals surface area contributed by atoms with Gasteiger partial charge in [0.25, 0.3) is 5.91 Å². The molecule has 1 aliphatic rings. The molecule has 1 aromatic heterocycles. The molecule has 2 N–H and O–H groups in total. The van der Waals surface area contributed by atoms with E-state index in [-0.39, 0.29) is 23.8 Å². The smallest absolute Gasteiger partial charge is 0.306 e. The van der Waals surface area contributed by atoms with Crippen LogP contribution in [0.1, 0.15) is 61.5 Å². The first-order chi connectivity index (χ1) is 9.88. The van der Waals surface area contributed by atoms with Gasteiger partial charge in [-0.25, -0.2) is 0 Å². The predicted octanol–water partition coefficient (Wildman–Crippen LogP) is 1.92. The molecule has 0 bridgehead atoms. The van der Waals surface area contributed by atoms with Gasteiger partial charge in [0.2, 0.25) is 0 Å². The van der Waals surface area contributed by atoms with Gasteiger partial charge in [0.15, 0.2) is 0 Å². The van der Waals surface area contributed by atoms with Gasteiger partial charge >= 0.3 is 5.97 Å². The van der Waals surface area contributed by atoms with E-state index in [1.807, 2.05) is 13.8 Å². The summed E-state index contributed by atoms with van der Waals surface area (Å²) in [5, 5.41) is 16.3. The molecule has 1 heterocycles. The van der Waals surface area contributed by atoms with Crippen molar-refractivity contribution >= 4 is 11.9 Å². The Hall–Kier alpha value is -1.85. The zero-order valence-electron chi connectivity index (χ0n) is 12.8. The average molecular weight is 293 g/mol. The van der Waals surface area contributed by atoms with Crippen molar-refractivity contribution in [3.8, 4) is 0 Å². The zero-order chi connectivity index (χ0) is 15.6. The molecular weight excluding hydrogens is 270 g/mol. The summed E-state index contributed by atoms with van der Waals surface area (Å²) < 4.78 is 1.66. The molecule has 0 spiro atoms. The Labute approximate surface area is 124 Å². The van der Waals surface area contributed by atoms with Crippen LogP contribution in [0, 0.1) is 5.92 Å². The quantitative estimate of drug-likeness (QED) is 0.888. The third-order valence-electron chi connectivity index (χ3n) is 4.06. The number of carbonyl (C=O) groups excluding carboxylic acids is 1. The van der Waals surface area contributed by atoms with Gasteiger partial charge in [0, 0.05) is 19.3 Å². The third-order valence-corrected chi connectivity index (χ3v) is 4.06. The predicted molar refractivity (Wildman–Crippen MR) is 78.1 cm³/mol. The van der Waals surface area contributed by atoms with Gasteiger partial charge in [0.05, 0.1) is 17.2 Å². The number of hydrogen-bond donors (Lipinski definition) is 2. The highest BCUT2D eigenvalue weighted by atomic mass is 16.4. The average Bonchev–Trinajstić information content (AvgIpc) is 2.82. The topological polar surface area (TPSA) is 84.2 Å². The van der Waals surface area contributed by atoms with Gasteiger partial charge in [-0.1, -0.05) is 13.8 Å². The van der Waals surface area contributed by atoms with E-state index in [2.05, 4.69) is 10.4 Å². The number of aryl methyl sites for hydroxylation is 1. The van der Waals surface area contributed by atoms with Gasteiger partial charge in [-0.15, -0.1) is 0 Å². The second-order valence-corrected chi connectivity index (χ2v) is 6.12. The molecule has 21 heavy (non-hydrogen) atoms. The minimum atomic E-state index is -0.728. The number of rotatable bonds is 4. The normalized spacial score (nSPS) is 22.3. The molecular formula is C15H23N3O3. The molecule has 1 aromatic rings. The van der Waals surface area contributed by atoms with Gasteiger partial charge in [0.1, 0.15) is 0 Å². The number of carboxylic acids is 1. The summed E-state index contributed by atoms with van der Waals surface area (Å²) in [6.45, 7) is 4.02. The molecule has 6 heteroatoms. The molecule has 0 unspecified atom stereocenters. The summed E-state index contributed by atoms with van der Waals surface area (Å²) in [6, 6.07) is 0.0633. The Morgan fingerprint density at radius 1 is 1.33 bits per heavy atom. The summed E-state index contributed by atoms with van der Waals surface area (Å²) in [4.78, 5) is 23.3.